The molecule has 0 spiro atoms. The lowest BCUT2D eigenvalue weighted by Gasteiger charge is -2.13. The van der Waals surface area contributed by atoms with Gasteiger partial charge in [-0.15, -0.1) is 0 Å². The summed E-state index contributed by atoms with van der Waals surface area (Å²) in [6, 6.07) is 0. The van der Waals surface area contributed by atoms with Crippen LogP contribution in [0.15, 0.2) is 6.20 Å². The van der Waals surface area contributed by atoms with Gasteiger partial charge in [-0.05, 0) is 13.8 Å². The van der Waals surface area contributed by atoms with Crippen molar-refractivity contribution in [2.45, 2.75) is 38.2 Å². The summed E-state index contributed by atoms with van der Waals surface area (Å²) in [5, 5.41) is 8.78. The third kappa shape index (κ3) is 3.91. The summed E-state index contributed by atoms with van der Waals surface area (Å²) >= 11 is 1.60. The minimum absolute atomic E-state index is 0.0796. The highest BCUT2D eigenvalue weighted by Gasteiger charge is 2.12. The number of aliphatic carboxylic acids is 1. The number of ether oxygens (including phenoxy) is 1. The van der Waals surface area contributed by atoms with Crippen LogP contribution in [0.25, 0.3) is 0 Å². The summed E-state index contributed by atoms with van der Waals surface area (Å²) in [6.07, 6.45) is 1.97. The van der Waals surface area contributed by atoms with Crippen LogP contribution in [0.4, 0.5) is 0 Å². The number of aryl methyl sites for hydroxylation is 1. The maximum absolute atomic E-state index is 10.6. The van der Waals surface area contributed by atoms with Crippen LogP contribution < -0.4 is 4.74 Å². The first kappa shape index (κ1) is 14.8. The van der Waals surface area contributed by atoms with Crippen LogP contribution in [0.1, 0.15) is 30.2 Å². The Morgan fingerprint density at radius 1 is 1.56 bits per heavy atom. The number of pyridine rings is 1. The number of hydrogen-bond acceptors (Lipinski definition) is 4. The third-order valence-corrected chi connectivity index (χ3v) is 3.89. The summed E-state index contributed by atoms with van der Waals surface area (Å²) in [5.74, 6) is 0.810. The van der Waals surface area contributed by atoms with E-state index in [0.29, 0.717) is 5.75 Å². The van der Waals surface area contributed by atoms with E-state index in [0.717, 1.165) is 22.6 Å². The van der Waals surface area contributed by atoms with Crippen molar-refractivity contribution in [3.8, 4) is 5.75 Å². The van der Waals surface area contributed by atoms with E-state index >= 15 is 0 Å². The van der Waals surface area contributed by atoms with Crippen molar-refractivity contribution in [3.63, 3.8) is 0 Å². The second-order valence-electron chi connectivity index (χ2n) is 4.27. The van der Waals surface area contributed by atoms with E-state index < -0.39 is 5.97 Å². The maximum Gasteiger partial charge on any atom is 0.304 e. The molecule has 5 heteroatoms. The molecule has 0 radical (unpaired) electrons. The maximum atomic E-state index is 10.6. The van der Waals surface area contributed by atoms with Crippen molar-refractivity contribution in [1.82, 2.24) is 4.98 Å². The Bertz CT molecular complexity index is 434. The molecule has 100 valence electrons. The molecule has 0 saturated heterocycles. The molecule has 0 aliphatic carbocycles. The Labute approximate surface area is 112 Å². The van der Waals surface area contributed by atoms with Crippen LogP contribution in [-0.2, 0) is 10.5 Å². The van der Waals surface area contributed by atoms with Crippen molar-refractivity contribution >= 4 is 17.7 Å². The van der Waals surface area contributed by atoms with E-state index in [1.807, 2.05) is 20.8 Å². The predicted octanol–water partition coefficient (Wildman–Crippen LogP) is 2.80. The summed E-state index contributed by atoms with van der Waals surface area (Å²) in [4.78, 5) is 15.0. The van der Waals surface area contributed by atoms with Gasteiger partial charge in [-0.3, -0.25) is 9.78 Å². The topological polar surface area (TPSA) is 59.4 Å². The fourth-order valence-electron chi connectivity index (χ4n) is 1.74. The van der Waals surface area contributed by atoms with E-state index in [2.05, 4.69) is 4.98 Å². The highest BCUT2D eigenvalue weighted by molar-refractivity contribution is 7.99. The fraction of sp³-hybridized carbons (Fsp3) is 0.538. The van der Waals surface area contributed by atoms with Crippen LogP contribution in [-0.4, -0.2) is 28.4 Å². The Morgan fingerprint density at radius 3 is 2.78 bits per heavy atom. The first-order valence-electron chi connectivity index (χ1n) is 5.78. The summed E-state index contributed by atoms with van der Waals surface area (Å²) in [7, 11) is 1.65. The van der Waals surface area contributed by atoms with Gasteiger partial charge in [-0.1, -0.05) is 6.92 Å². The molecular weight excluding hydrogens is 250 g/mol. The number of rotatable bonds is 6. The molecule has 1 aromatic heterocycles. The molecule has 0 aromatic carbocycles. The average molecular weight is 269 g/mol. The van der Waals surface area contributed by atoms with Crippen LogP contribution in [0, 0.1) is 13.8 Å². The number of aromatic nitrogens is 1. The predicted molar refractivity (Wildman–Crippen MR) is 73.3 cm³/mol. The molecule has 1 heterocycles. The van der Waals surface area contributed by atoms with Crippen LogP contribution in [0.2, 0.25) is 0 Å². The Morgan fingerprint density at radius 2 is 2.22 bits per heavy atom. The Hall–Kier alpha value is -1.23. The zero-order valence-corrected chi connectivity index (χ0v) is 12.0. The SMILES string of the molecule is COc1c(C)cnc(CSC(C)CC(=O)O)c1C. The molecule has 1 atom stereocenters. The van der Waals surface area contributed by atoms with Crippen molar-refractivity contribution in [1.29, 1.82) is 0 Å². The van der Waals surface area contributed by atoms with Crippen LogP contribution in [0.5, 0.6) is 5.75 Å². The highest BCUT2D eigenvalue weighted by atomic mass is 32.2. The molecule has 0 aliphatic heterocycles. The molecule has 1 unspecified atom stereocenters. The van der Waals surface area contributed by atoms with E-state index in [1.54, 1.807) is 25.1 Å². The van der Waals surface area contributed by atoms with Gasteiger partial charge in [0, 0.05) is 28.3 Å². The second-order valence-corrected chi connectivity index (χ2v) is 5.69. The smallest absolute Gasteiger partial charge is 0.304 e. The number of carboxylic acid groups (broad SMARTS) is 1. The fourth-order valence-corrected chi connectivity index (χ4v) is 2.74. The van der Waals surface area contributed by atoms with Crippen LogP contribution in [0.3, 0.4) is 0 Å². The van der Waals surface area contributed by atoms with Crippen molar-refractivity contribution < 1.29 is 14.6 Å². The third-order valence-electron chi connectivity index (χ3n) is 2.72. The first-order chi connectivity index (χ1) is 8.45. The molecule has 1 aromatic rings. The lowest BCUT2D eigenvalue weighted by Crippen LogP contribution is -2.07. The van der Waals surface area contributed by atoms with Gasteiger partial charge in [0.1, 0.15) is 5.75 Å². The van der Waals surface area contributed by atoms with E-state index in [4.69, 9.17) is 9.84 Å². The number of carboxylic acids is 1. The Balaban J connectivity index is 2.71. The van der Waals surface area contributed by atoms with E-state index in [1.165, 1.54) is 0 Å². The minimum Gasteiger partial charge on any atom is -0.496 e. The summed E-state index contributed by atoms with van der Waals surface area (Å²) in [5.41, 5.74) is 3.01. The number of carbonyl (C=O) groups is 1. The molecule has 0 aliphatic rings. The largest absolute Gasteiger partial charge is 0.496 e. The zero-order chi connectivity index (χ0) is 13.7. The van der Waals surface area contributed by atoms with E-state index in [9.17, 15) is 4.79 Å². The molecular formula is C13H19NO3S. The van der Waals surface area contributed by atoms with Gasteiger partial charge < -0.3 is 9.84 Å². The number of hydrogen-bond donors (Lipinski definition) is 1. The van der Waals surface area contributed by atoms with Gasteiger partial charge in [0.15, 0.2) is 0 Å². The van der Waals surface area contributed by atoms with Gasteiger partial charge in [-0.2, -0.15) is 11.8 Å². The number of nitrogens with zero attached hydrogens (tertiary/aromatic N) is 1. The van der Waals surface area contributed by atoms with Gasteiger partial charge in [-0.25, -0.2) is 0 Å². The quantitative estimate of drug-likeness (QED) is 0.860. The van der Waals surface area contributed by atoms with Gasteiger partial charge >= 0.3 is 5.97 Å². The zero-order valence-electron chi connectivity index (χ0n) is 11.2. The number of methoxy groups -OCH3 is 1. The highest BCUT2D eigenvalue weighted by Crippen LogP contribution is 2.28. The monoisotopic (exact) mass is 269 g/mol. The van der Waals surface area contributed by atoms with Crippen molar-refractivity contribution in [2.24, 2.45) is 0 Å². The molecule has 0 fully saturated rings. The van der Waals surface area contributed by atoms with Gasteiger partial charge in [0.25, 0.3) is 0 Å². The second kappa shape index (κ2) is 6.64. The molecule has 0 bridgehead atoms. The lowest BCUT2D eigenvalue weighted by atomic mass is 10.1. The minimum atomic E-state index is -0.763. The standard InChI is InChI=1S/C13H19NO3S/c1-8-6-14-11(10(3)13(8)17-4)7-18-9(2)5-12(15)16/h6,9H,5,7H2,1-4H3,(H,15,16). The average Bonchev–Trinajstić information content (AvgIpc) is 2.27. The first-order valence-corrected chi connectivity index (χ1v) is 6.83. The molecule has 4 nitrogen and oxygen atoms in total. The molecule has 1 N–H and O–H groups in total. The molecule has 0 amide bonds. The van der Waals surface area contributed by atoms with Crippen molar-refractivity contribution in [2.75, 3.05) is 7.11 Å². The normalized spacial score (nSPS) is 12.2. The Kier molecular flexibility index (Phi) is 5.47. The lowest BCUT2D eigenvalue weighted by molar-refractivity contribution is -0.136. The molecule has 1 rings (SSSR count). The molecule has 0 saturated carbocycles. The van der Waals surface area contributed by atoms with Crippen molar-refractivity contribution in [3.05, 3.63) is 23.0 Å². The number of thioether (sulfide) groups is 1. The summed E-state index contributed by atoms with van der Waals surface area (Å²) in [6.45, 7) is 5.86. The van der Waals surface area contributed by atoms with Crippen LogP contribution >= 0.6 is 11.8 Å². The van der Waals surface area contributed by atoms with Gasteiger partial charge in [0.05, 0.1) is 19.2 Å². The summed E-state index contributed by atoms with van der Waals surface area (Å²) < 4.78 is 5.34. The molecule has 18 heavy (non-hydrogen) atoms. The van der Waals surface area contributed by atoms with E-state index in [-0.39, 0.29) is 11.7 Å². The van der Waals surface area contributed by atoms with Gasteiger partial charge in [0.2, 0.25) is 0 Å².